The van der Waals surface area contributed by atoms with Crippen LogP contribution in [0.2, 0.25) is 10.0 Å². The number of halogens is 2. The second-order valence-electron chi connectivity index (χ2n) is 7.22. The second-order valence-corrected chi connectivity index (χ2v) is 8.10. The summed E-state index contributed by atoms with van der Waals surface area (Å²) in [6.07, 6.45) is 2.35. The zero-order valence-electron chi connectivity index (χ0n) is 15.9. The molecule has 0 radical (unpaired) electrons. The van der Waals surface area contributed by atoms with Gasteiger partial charge in [-0.25, -0.2) is 0 Å². The summed E-state index contributed by atoms with van der Waals surface area (Å²) in [7, 11) is 1.86. The molecule has 1 aliphatic heterocycles. The van der Waals surface area contributed by atoms with Gasteiger partial charge in [0, 0.05) is 36.2 Å². The SMILES string of the molecule is CN(C(=O)Cc1ccc(Cl)cc1)C1CCN(C(=O)Cc2ccc(Cl)cc2)CC1. The van der Waals surface area contributed by atoms with Gasteiger partial charge in [-0.05, 0) is 48.2 Å². The van der Waals surface area contributed by atoms with Gasteiger partial charge in [-0.1, -0.05) is 47.5 Å². The van der Waals surface area contributed by atoms with E-state index >= 15 is 0 Å². The number of benzene rings is 2. The molecule has 2 aromatic carbocycles. The molecule has 0 spiro atoms. The molecular formula is C22H24Cl2N2O2. The highest BCUT2D eigenvalue weighted by atomic mass is 35.5. The lowest BCUT2D eigenvalue weighted by Crippen LogP contribution is -2.48. The number of carbonyl (C=O) groups excluding carboxylic acids is 2. The highest BCUT2D eigenvalue weighted by Crippen LogP contribution is 2.19. The summed E-state index contributed by atoms with van der Waals surface area (Å²) in [6.45, 7) is 1.35. The first-order valence-electron chi connectivity index (χ1n) is 9.44. The monoisotopic (exact) mass is 418 g/mol. The summed E-state index contributed by atoms with van der Waals surface area (Å²) < 4.78 is 0. The molecule has 1 heterocycles. The van der Waals surface area contributed by atoms with Gasteiger partial charge in [0.15, 0.2) is 0 Å². The third-order valence-electron chi connectivity index (χ3n) is 5.30. The van der Waals surface area contributed by atoms with Crippen molar-refractivity contribution in [3.63, 3.8) is 0 Å². The maximum atomic E-state index is 12.6. The molecule has 2 amide bonds. The first-order chi connectivity index (χ1) is 13.4. The topological polar surface area (TPSA) is 40.6 Å². The zero-order valence-corrected chi connectivity index (χ0v) is 17.4. The summed E-state index contributed by atoms with van der Waals surface area (Å²) in [6, 6.07) is 14.9. The number of likely N-dealkylation sites (N-methyl/N-ethyl adjacent to an activating group) is 1. The minimum Gasteiger partial charge on any atom is -0.342 e. The van der Waals surface area contributed by atoms with Crippen LogP contribution >= 0.6 is 23.2 Å². The van der Waals surface area contributed by atoms with E-state index in [0.717, 1.165) is 24.0 Å². The van der Waals surface area contributed by atoms with E-state index < -0.39 is 0 Å². The number of piperidine rings is 1. The molecule has 1 saturated heterocycles. The summed E-state index contributed by atoms with van der Waals surface area (Å²) in [5.74, 6) is 0.212. The van der Waals surface area contributed by atoms with Crippen LogP contribution < -0.4 is 0 Å². The summed E-state index contributed by atoms with van der Waals surface area (Å²) in [5, 5.41) is 1.34. The Morgan fingerprint density at radius 2 is 1.36 bits per heavy atom. The summed E-state index contributed by atoms with van der Waals surface area (Å²) in [4.78, 5) is 28.8. The molecule has 28 heavy (non-hydrogen) atoms. The first kappa shape index (κ1) is 20.7. The summed E-state index contributed by atoms with van der Waals surface area (Å²) in [5.41, 5.74) is 1.92. The molecule has 0 saturated carbocycles. The Bertz CT molecular complexity index is 813. The molecule has 0 atom stereocenters. The van der Waals surface area contributed by atoms with Gasteiger partial charge < -0.3 is 9.80 Å². The molecule has 3 rings (SSSR count). The zero-order chi connectivity index (χ0) is 20.1. The van der Waals surface area contributed by atoms with E-state index in [1.807, 2.05) is 41.1 Å². The molecule has 0 aromatic heterocycles. The highest BCUT2D eigenvalue weighted by Gasteiger charge is 2.27. The Morgan fingerprint density at radius 3 is 1.86 bits per heavy atom. The number of hydrogen-bond donors (Lipinski definition) is 0. The second kappa shape index (κ2) is 9.44. The minimum atomic E-state index is 0.0910. The van der Waals surface area contributed by atoms with Gasteiger partial charge in [-0.15, -0.1) is 0 Å². The van der Waals surface area contributed by atoms with Crippen molar-refractivity contribution >= 4 is 35.0 Å². The molecule has 0 unspecified atom stereocenters. The smallest absolute Gasteiger partial charge is 0.226 e. The predicted octanol–water partition coefficient (Wildman–Crippen LogP) is 4.23. The molecule has 1 fully saturated rings. The molecule has 148 valence electrons. The maximum absolute atomic E-state index is 12.6. The van der Waals surface area contributed by atoms with E-state index in [4.69, 9.17) is 23.2 Å². The van der Waals surface area contributed by atoms with Crippen molar-refractivity contribution in [2.75, 3.05) is 20.1 Å². The van der Waals surface area contributed by atoms with Gasteiger partial charge in [0.25, 0.3) is 0 Å². The molecule has 2 aromatic rings. The predicted molar refractivity (Wildman–Crippen MR) is 113 cm³/mol. The van der Waals surface area contributed by atoms with Gasteiger partial charge in [-0.2, -0.15) is 0 Å². The van der Waals surface area contributed by atoms with Crippen LogP contribution in [-0.2, 0) is 22.4 Å². The fraction of sp³-hybridized carbons (Fsp3) is 0.364. The van der Waals surface area contributed by atoms with Gasteiger partial charge in [0.1, 0.15) is 0 Å². The van der Waals surface area contributed by atoms with Gasteiger partial charge in [0.2, 0.25) is 11.8 Å². The number of rotatable bonds is 5. The molecule has 1 aliphatic rings. The molecule has 0 N–H and O–H groups in total. The lowest BCUT2D eigenvalue weighted by molar-refractivity contribution is -0.134. The Morgan fingerprint density at radius 1 is 0.893 bits per heavy atom. The van der Waals surface area contributed by atoms with Crippen molar-refractivity contribution < 1.29 is 9.59 Å². The molecule has 0 bridgehead atoms. The third kappa shape index (κ3) is 5.49. The van der Waals surface area contributed by atoms with Crippen molar-refractivity contribution in [1.82, 2.24) is 9.80 Å². The number of hydrogen-bond acceptors (Lipinski definition) is 2. The van der Waals surface area contributed by atoms with E-state index in [-0.39, 0.29) is 17.9 Å². The van der Waals surface area contributed by atoms with Crippen LogP contribution in [0, 0.1) is 0 Å². The van der Waals surface area contributed by atoms with Crippen LogP contribution in [0.15, 0.2) is 48.5 Å². The lowest BCUT2D eigenvalue weighted by Gasteiger charge is -2.37. The van der Waals surface area contributed by atoms with E-state index in [0.29, 0.717) is 36.0 Å². The van der Waals surface area contributed by atoms with E-state index in [2.05, 4.69) is 0 Å². The van der Waals surface area contributed by atoms with Crippen LogP contribution in [0.5, 0.6) is 0 Å². The molecule has 4 nitrogen and oxygen atoms in total. The average molecular weight is 419 g/mol. The Hall–Kier alpha value is -2.04. The quantitative estimate of drug-likeness (QED) is 0.728. The van der Waals surface area contributed by atoms with Crippen molar-refractivity contribution in [2.45, 2.75) is 31.7 Å². The van der Waals surface area contributed by atoms with E-state index in [9.17, 15) is 9.59 Å². The van der Waals surface area contributed by atoms with Crippen molar-refractivity contribution in [3.8, 4) is 0 Å². The maximum Gasteiger partial charge on any atom is 0.226 e. The Labute approximate surface area is 176 Å². The van der Waals surface area contributed by atoms with E-state index in [1.54, 1.807) is 24.3 Å². The molecular weight excluding hydrogens is 395 g/mol. The van der Waals surface area contributed by atoms with Crippen molar-refractivity contribution in [3.05, 3.63) is 69.7 Å². The van der Waals surface area contributed by atoms with E-state index in [1.165, 1.54) is 0 Å². The largest absolute Gasteiger partial charge is 0.342 e. The highest BCUT2D eigenvalue weighted by molar-refractivity contribution is 6.30. The normalized spacial score (nSPS) is 14.8. The minimum absolute atomic E-state index is 0.0910. The van der Waals surface area contributed by atoms with Crippen LogP contribution in [-0.4, -0.2) is 47.8 Å². The number of likely N-dealkylation sites (tertiary alicyclic amines) is 1. The van der Waals surface area contributed by atoms with Crippen LogP contribution in [0.1, 0.15) is 24.0 Å². The van der Waals surface area contributed by atoms with Gasteiger partial charge >= 0.3 is 0 Å². The van der Waals surface area contributed by atoms with Crippen LogP contribution in [0.3, 0.4) is 0 Å². The Kier molecular flexibility index (Phi) is 6.97. The molecule has 6 heteroatoms. The lowest BCUT2D eigenvalue weighted by atomic mass is 10.0. The number of nitrogens with zero attached hydrogens (tertiary/aromatic N) is 2. The average Bonchev–Trinajstić information content (AvgIpc) is 2.71. The third-order valence-corrected chi connectivity index (χ3v) is 5.80. The van der Waals surface area contributed by atoms with Crippen LogP contribution in [0.25, 0.3) is 0 Å². The fourth-order valence-corrected chi connectivity index (χ4v) is 3.75. The Balaban J connectivity index is 1.48. The standard InChI is InChI=1S/C22H24Cl2N2O2/c1-25(21(27)14-16-2-6-18(23)7-3-16)20-10-12-26(13-11-20)22(28)15-17-4-8-19(24)9-5-17/h2-9,20H,10-15H2,1H3. The van der Waals surface area contributed by atoms with Gasteiger partial charge in [-0.3, -0.25) is 9.59 Å². The first-order valence-corrected chi connectivity index (χ1v) is 10.2. The van der Waals surface area contributed by atoms with Crippen molar-refractivity contribution in [2.24, 2.45) is 0 Å². The molecule has 0 aliphatic carbocycles. The fourth-order valence-electron chi connectivity index (χ4n) is 3.50. The van der Waals surface area contributed by atoms with Crippen LogP contribution in [0.4, 0.5) is 0 Å². The summed E-state index contributed by atoms with van der Waals surface area (Å²) >= 11 is 11.8. The number of carbonyl (C=O) groups is 2. The number of amides is 2. The van der Waals surface area contributed by atoms with Crippen molar-refractivity contribution in [1.29, 1.82) is 0 Å². The van der Waals surface area contributed by atoms with Gasteiger partial charge in [0.05, 0.1) is 12.8 Å².